The molecule has 4 heteroatoms. The van der Waals surface area contributed by atoms with Crippen molar-refractivity contribution in [1.29, 1.82) is 0 Å². The van der Waals surface area contributed by atoms with Gasteiger partial charge in [-0.1, -0.05) is 60.7 Å². The van der Waals surface area contributed by atoms with Crippen molar-refractivity contribution in [2.45, 2.75) is 69.7 Å². The smallest absolute Gasteiger partial charge is 0.185 e. The molecule has 2 aromatic carbocycles. The first kappa shape index (κ1) is 20.5. The van der Waals surface area contributed by atoms with Gasteiger partial charge in [-0.15, -0.1) is 0 Å². The second-order valence-electron chi connectivity index (χ2n) is 9.67. The molecule has 27 heavy (non-hydrogen) atoms. The number of rotatable bonds is 6. The van der Waals surface area contributed by atoms with E-state index in [0.29, 0.717) is 0 Å². The number of hydrogen-bond acceptors (Lipinski definition) is 2. The lowest BCUT2D eigenvalue weighted by Gasteiger charge is -2.51. The minimum atomic E-state index is -1.84. The lowest BCUT2D eigenvalue weighted by molar-refractivity contribution is -0.118. The molecule has 0 spiro atoms. The molecule has 2 nitrogen and oxygen atoms in total. The molecule has 0 N–H and O–H groups in total. The molecule has 0 aliphatic heterocycles. The van der Waals surface area contributed by atoms with Crippen molar-refractivity contribution >= 4 is 16.6 Å². The molecule has 0 saturated heterocycles. The highest BCUT2D eigenvalue weighted by molar-refractivity contribution is 6.70. The van der Waals surface area contributed by atoms with Crippen LogP contribution in [0.25, 0.3) is 0 Å². The van der Waals surface area contributed by atoms with Crippen LogP contribution in [0.2, 0.25) is 39.3 Å². The Bertz CT molecular complexity index is 684. The molecule has 0 bridgehead atoms. The van der Waals surface area contributed by atoms with Crippen LogP contribution < -0.4 is 0 Å². The molecule has 0 aromatic heterocycles. The Morgan fingerprint density at radius 1 is 0.593 bits per heavy atom. The minimum absolute atomic E-state index is 0.430. The van der Waals surface area contributed by atoms with Crippen LogP contribution in [-0.2, 0) is 20.1 Å². The topological polar surface area (TPSA) is 18.5 Å². The normalized spacial score (nSPS) is 26.3. The first-order chi connectivity index (χ1) is 12.6. The van der Waals surface area contributed by atoms with Crippen LogP contribution in [0.1, 0.15) is 30.4 Å². The van der Waals surface area contributed by atoms with Crippen LogP contribution >= 0.6 is 0 Å². The molecular weight excluding hydrogens is 364 g/mol. The fraction of sp³-hybridized carbons (Fsp3) is 0.478. The van der Waals surface area contributed by atoms with Crippen molar-refractivity contribution < 1.29 is 8.85 Å². The maximum atomic E-state index is 7.12. The van der Waals surface area contributed by atoms with Crippen LogP contribution in [0.3, 0.4) is 0 Å². The van der Waals surface area contributed by atoms with Crippen molar-refractivity contribution in [3.63, 3.8) is 0 Å². The predicted octanol–water partition coefficient (Wildman–Crippen LogP) is 6.66. The van der Waals surface area contributed by atoms with E-state index >= 15 is 0 Å². The van der Waals surface area contributed by atoms with Crippen LogP contribution in [0.15, 0.2) is 60.7 Å². The summed E-state index contributed by atoms with van der Waals surface area (Å²) in [5.74, 6) is 0. The summed E-state index contributed by atoms with van der Waals surface area (Å²) in [6.07, 6.45) is 3.11. The van der Waals surface area contributed by atoms with Gasteiger partial charge in [0.05, 0.1) is 0 Å². The van der Waals surface area contributed by atoms with E-state index < -0.39 is 27.8 Å². The summed E-state index contributed by atoms with van der Waals surface area (Å²) in [5, 5.41) is 0. The molecule has 1 saturated carbocycles. The van der Waals surface area contributed by atoms with E-state index in [9.17, 15) is 0 Å². The second-order valence-corrected chi connectivity index (χ2v) is 18.5. The SMILES string of the molecule is C[Si](C)(C)O[C@]1(c2ccccc2)CCC[C@@]1(O[Si](C)(C)C)c1ccccc1. The Morgan fingerprint density at radius 2 is 0.926 bits per heavy atom. The zero-order valence-corrected chi connectivity index (χ0v) is 19.7. The van der Waals surface area contributed by atoms with E-state index in [4.69, 9.17) is 8.85 Å². The molecule has 1 fully saturated rings. The molecule has 0 unspecified atom stereocenters. The molecule has 2 atom stereocenters. The van der Waals surface area contributed by atoms with Gasteiger partial charge >= 0.3 is 0 Å². The highest BCUT2D eigenvalue weighted by Crippen LogP contribution is 2.59. The quantitative estimate of drug-likeness (QED) is 0.506. The molecule has 1 aliphatic rings. The largest absolute Gasteiger partial charge is 0.405 e. The van der Waals surface area contributed by atoms with Gasteiger partial charge in [0.2, 0.25) is 0 Å². The van der Waals surface area contributed by atoms with Crippen LogP contribution in [0.4, 0.5) is 0 Å². The van der Waals surface area contributed by atoms with Gasteiger partial charge in [0.15, 0.2) is 16.6 Å². The second kappa shape index (κ2) is 7.32. The van der Waals surface area contributed by atoms with E-state index in [2.05, 4.69) is 99.9 Å². The summed E-state index contributed by atoms with van der Waals surface area (Å²) in [6.45, 7) is 13.8. The third-order valence-corrected chi connectivity index (χ3v) is 7.07. The molecule has 0 heterocycles. The Morgan fingerprint density at radius 3 is 1.22 bits per heavy atom. The maximum absolute atomic E-state index is 7.12. The van der Waals surface area contributed by atoms with Gasteiger partial charge < -0.3 is 8.85 Å². The molecule has 2 aromatic rings. The molecule has 3 rings (SSSR count). The zero-order chi connectivity index (χ0) is 19.8. The van der Waals surface area contributed by atoms with Gasteiger partial charge in [-0.3, -0.25) is 0 Å². The maximum Gasteiger partial charge on any atom is 0.185 e. The number of benzene rings is 2. The van der Waals surface area contributed by atoms with E-state index in [1.807, 2.05) is 0 Å². The highest BCUT2D eigenvalue weighted by atomic mass is 28.4. The molecule has 0 amide bonds. The Kier molecular flexibility index (Phi) is 5.56. The zero-order valence-electron chi connectivity index (χ0n) is 17.7. The van der Waals surface area contributed by atoms with Gasteiger partial charge in [0.25, 0.3) is 0 Å². The Balaban J connectivity index is 2.28. The molecule has 0 radical (unpaired) electrons. The van der Waals surface area contributed by atoms with E-state index in [0.717, 1.165) is 19.3 Å². The third-order valence-electron chi connectivity index (χ3n) is 5.15. The van der Waals surface area contributed by atoms with E-state index in [1.54, 1.807) is 0 Å². The van der Waals surface area contributed by atoms with E-state index in [-0.39, 0.29) is 0 Å². The van der Waals surface area contributed by atoms with Gasteiger partial charge in [-0.05, 0) is 69.7 Å². The van der Waals surface area contributed by atoms with Crippen molar-refractivity contribution in [2.75, 3.05) is 0 Å². The first-order valence-corrected chi connectivity index (χ1v) is 16.9. The first-order valence-electron chi connectivity index (χ1n) is 10.1. The van der Waals surface area contributed by atoms with Crippen LogP contribution in [0.5, 0.6) is 0 Å². The summed E-state index contributed by atoms with van der Waals surface area (Å²) in [7, 11) is -3.68. The molecule has 1 aliphatic carbocycles. The fourth-order valence-electron chi connectivity index (χ4n) is 4.59. The average molecular weight is 399 g/mol. The third kappa shape index (κ3) is 4.14. The lowest BCUT2D eigenvalue weighted by Crippen LogP contribution is -2.56. The average Bonchev–Trinajstić information content (AvgIpc) is 2.93. The summed E-state index contributed by atoms with van der Waals surface area (Å²) in [4.78, 5) is 0. The summed E-state index contributed by atoms with van der Waals surface area (Å²) < 4.78 is 14.2. The molecule has 146 valence electrons. The van der Waals surface area contributed by atoms with Crippen molar-refractivity contribution in [2.24, 2.45) is 0 Å². The summed E-state index contributed by atoms with van der Waals surface area (Å²) in [6, 6.07) is 21.6. The van der Waals surface area contributed by atoms with Gasteiger partial charge in [0, 0.05) is 0 Å². The summed E-state index contributed by atoms with van der Waals surface area (Å²) in [5.41, 5.74) is 1.65. The van der Waals surface area contributed by atoms with Gasteiger partial charge in [0.1, 0.15) is 11.2 Å². The molecular formula is C23H34O2Si2. The Labute approximate surface area is 167 Å². The number of hydrogen-bond donors (Lipinski definition) is 0. The van der Waals surface area contributed by atoms with Crippen molar-refractivity contribution in [3.05, 3.63) is 71.8 Å². The van der Waals surface area contributed by atoms with E-state index in [1.165, 1.54) is 11.1 Å². The van der Waals surface area contributed by atoms with Crippen LogP contribution in [-0.4, -0.2) is 16.6 Å². The van der Waals surface area contributed by atoms with Crippen LogP contribution in [0, 0.1) is 0 Å². The monoisotopic (exact) mass is 398 g/mol. The van der Waals surface area contributed by atoms with Gasteiger partial charge in [-0.25, -0.2) is 0 Å². The standard InChI is InChI=1S/C23H34O2Si2/c1-26(2,3)24-22(20-14-9-7-10-15-20)18-13-19-23(22,25-27(4,5)6)21-16-11-8-12-17-21/h7-12,14-17H,13,18-19H2,1-6H3/t22-,23+. The predicted molar refractivity (Wildman–Crippen MR) is 119 cm³/mol. The minimum Gasteiger partial charge on any atom is -0.405 e. The van der Waals surface area contributed by atoms with Crippen molar-refractivity contribution in [1.82, 2.24) is 0 Å². The lowest BCUT2D eigenvalue weighted by atomic mass is 9.76. The Hall–Kier alpha value is -1.21. The van der Waals surface area contributed by atoms with Gasteiger partial charge in [-0.2, -0.15) is 0 Å². The van der Waals surface area contributed by atoms with Crippen molar-refractivity contribution in [3.8, 4) is 0 Å². The fourth-order valence-corrected chi connectivity index (χ4v) is 7.45. The summed E-state index contributed by atoms with van der Waals surface area (Å²) >= 11 is 0. The highest BCUT2D eigenvalue weighted by Gasteiger charge is 2.61.